The van der Waals surface area contributed by atoms with Gasteiger partial charge in [0.05, 0.1) is 6.04 Å². The number of hydrogen-bond acceptors (Lipinski definition) is 3. The average molecular weight is 333 g/mol. The Morgan fingerprint density at radius 2 is 1.83 bits per heavy atom. The summed E-state index contributed by atoms with van der Waals surface area (Å²) in [7, 11) is 0. The van der Waals surface area contributed by atoms with Crippen LogP contribution in [0.4, 0.5) is 4.39 Å². The number of carbonyl (C=O) groups is 1. The van der Waals surface area contributed by atoms with Crippen LogP contribution in [-0.4, -0.2) is 23.4 Å². The number of aliphatic hydroxyl groups excluding tert-OH is 1. The molecule has 23 heavy (non-hydrogen) atoms. The Morgan fingerprint density at radius 1 is 1.13 bits per heavy atom. The Morgan fingerprint density at radius 3 is 2.48 bits per heavy atom. The van der Waals surface area contributed by atoms with Crippen molar-refractivity contribution in [1.29, 1.82) is 0 Å². The van der Waals surface area contributed by atoms with Crippen LogP contribution in [0.25, 0.3) is 0 Å². The van der Waals surface area contributed by atoms with E-state index in [9.17, 15) is 14.3 Å². The topological polar surface area (TPSA) is 49.3 Å². The molecule has 0 heterocycles. The van der Waals surface area contributed by atoms with E-state index in [1.54, 1.807) is 12.1 Å². The van der Waals surface area contributed by atoms with Crippen molar-refractivity contribution in [3.8, 4) is 0 Å². The van der Waals surface area contributed by atoms with Crippen molar-refractivity contribution < 1.29 is 14.3 Å². The normalized spacial score (nSPS) is 11.9. The summed E-state index contributed by atoms with van der Waals surface area (Å²) in [6.45, 7) is 0.0180. The molecule has 0 spiro atoms. The summed E-state index contributed by atoms with van der Waals surface area (Å²) < 4.78 is 12.8. The molecule has 0 saturated heterocycles. The Labute approximate surface area is 139 Å². The average Bonchev–Trinajstić information content (AvgIpc) is 2.57. The van der Waals surface area contributed by atoms with E-state index in [1.807, 2.05) is 30.3 Å². The molecule has 0 aliphatic heterocycles. The molecule has 0 aromatic heterocycles. The summed E-state index contributed by atoms with van der Waals surface area (Å²) in [6, 6.07) is 15.7. The van der Waals surface area contributed by atoms with Crippen molar-refractivity contribution in [1.82, 2.24) is 5.32 Å². The van der Waals surface area contributed by atoms with E-state index in [2.05, 4.69) is 5.32 Å². The first kappa shape index (κ1) is 17.5. The summed E-state index contributed by atoms with van der Waals surface area (Å²) in [6.07, 6.45) is 0.859. The van der Waals surface area contributed by atoms with E-state index in [0.29, 0.717) is 18.6 Å². The van der Waals surface area contributed by atoms with Crippen LogP contribution >= 0.6 is 11.8 Å². The molecule has 5 heteroatoms. The van der Waals surface area contributed by atoms with Crippen molar-refractivity contribution >= 4 is 17.7 Å². The fraction of sp³-hybridized carbons (Fsp3) is 0.278. The van der Waals surface area contributed by atoms with Crippen LogP contribution in [0.1, 0.15) is 24.4 Å². The molecule has 1 unspecified atom stereocenters. The highest BCUT2D eigenvalue weighted by Gasteiger charge is 2.13. The van der Waals surface area contributed by atoms with Gasteiger partial charge in [0.2, 0.25) is 5.91 Å². The zero-order valence-electron chi connectivity index (χ0n) is 12.7. The van der Waals surface area contributed by atoms with E-state index in [-0.39, 0.29) is 24.4 Å². The lowest BCUT2D eigenvalue weighted by atomic mass is 10.0. The lowest BCUT2D eigenvalue weighted by molar-refractivity contribution is -0.121. The number of amides is 1. The summed E-state index contributed by atoms with van der Waals surface area (Å²) >= 11 is 1.52. The van der Waals surface area contributed by atoms with Gasteiger partial charge in [-0.05, 0) is 36.2 Å². The Kier molecular flexibility index (Phi) is 7.10. The Bertz CT molecular complexity index is 604. The number of aliphatic hydroxyl groups is 1. The predicted octanol–water partition coefficient (Wildman–Crippen LogP) is 3.55. The first-order chi connectivity index (χ1) is 11.2. The van der Waals surface area contributed by atoms with Crippen LogP contribution in [0.15, 0.2) is 59.5 Å². The minimum atomic E-state index is -0.262. The van der Waals surface area contributed by atoms with Crippen molar-refractivity contribution in [3.05, 3.63) is 66.0 Å². The molecule has 122 valence electrons. The monoisotopic (exact) mass is 333 g/mol. The molecule has 0 radical (unpaired) electrons. The van der Waals surface area contributed by atoms with Gasteiger partial charge in [0.1, 0.15) is 5.82 Å². The van der Waals surface area contributed by atoms with Crippen LogP contribution in [0.2, 0.25) is 0 Å². The lowest BCUT2D eigenvalue weighted by Crippen LogP contribution is -2.29. The van der Waals surface area contributed by atoms with Crippen LogP contribution in [0.3, 0.4) is 0 Å². The zero-order valence-corrected chi connectivity index (χ0v) is 13.6. The van der Waals surface area contributed by atoms with Gasteiger partial charge in [0.25, 0.3) is 0 Å². The maximum Gasteiger partial charge on any atom is 0.221 e. The molecule has 1 atom stereocenters. The first-order valence-electron chi connectivity index (χ1n) is 7.52. The third-order valence-corrected chi connectivity index (χ3v) is 4.38. The maximum atomic E-state index is 12.8. The standard InChI is InChI=1S/C18H20FNO2S/c19-15-6-8-16(9-7-15)23-13-11-18(22)20-17(10-12-21)14-4-2-1-3-5-14/h1-9,17,21H,10-13H2,(H,20,22). The van der Waals surface area contributed by atoms with Crippen LogP contribution in [-0.2, 0) is 4.79 Å². The SMILES string of the molecule is O=C(CCSc1ccc(F)cc1)NC(CCO)c1ccccc1. The van der Waals surface area contributed by atoms with Gasteiger partial charge in [-0.3, -0.25) is 4.79 Å². The van der Waals surface area contributed by atoms with Crippen molar-refractivity contribution in [3.63, 3.8) is 0 Å². The minimum absolute atomic E-state index is 0.0180. The van der Waals surface area contributed by atoms with Crippen molar-refractivity contribution in [2.75, 3.05) is 12.4 Å². The van der Waals surface area contributed by atoms with Crippen LogP contribution in [0, 0.1) is 5.82 Å². The van der Waals surface area contributed by atoms with E-state index in [0.717, 1.165) is 10.5 Å². The van der Waals surface area contributed by atoms with E-state index in [4.69, 9.17) is 0 Å². The minimum Gasteiger partial charge on any atom is -0.396 e. The molecule has 2 aromatic carbocycles. The summed E-state index contributed by atoms with van der Waals surface area (Å²) in [5.41, 5.74) is 0.987. The fourth-order valence-electron chi connectivity index (χ4n) is 2.20. The first-order valence-corrected chi connectivity index (χ1v) is 8.51. The number of benzene rings is 2. The smallest absolute Gasteiger partial charge is 0.221 e. The van der Waals surface area contributed by atoms with Gasteiger partial charge < -0.3 is 10.4 Å². The van der Waals surface area contributed by atoms with E-state index >= 15 is 0 Å². The van der Waals surface area contributed by atoms with Gasteiger partial charge in [-0.2, -0.15) is 0 Å². The molecule has 0 bridgehead atoms. The van der Waals surface area contributed by atoms with Gasteiger partial charge >= 0.3 is 0 Å². The molecule has 0 saturated carbocycles. The van der Waals surface area contributed by atoms with E-state index < -0.39 is 0 Å². The predicted molar refractivity (Wildman–Crippen MR) is 90.8 cm³/mol. The number of hydrogen-bond donors (Lipinski definition) is 2. The molecule has 3 nitrogen and oxygen atoms in total. The number of carbonyl (C=O) groups excluding carboxylic acids is 1. The number of nitrogens with one attached hydrogen (secondary N) is 1. The van der Waals surface area contributed by atoms with Gasteiger partial charge in [-0.1, -0.05) is 30.3 Å². The second-order valence-electron chi connectivity index (χ2n) is 5.10. The van der Waals surface area contributed by atoms with Gasteiger partial charge in [0, 0.05) is 23.7 Å². The Hall–Kier alpha value is -1.85. The Balaban J connectivity index is 1.81. The highest BCUT2D eigenvalue weighted by molar-refractivity contribution is 7.99. The third kappa shape index (κ3) is 6.04. The molecule has 2 aromatic rings. The van der Waals surface area contributed by atoms with E-state index in [1.165, 1.54) is 23.9 Å². The molecule has 0 aliphatic carbocycles. The molecule has 2 N–H and O–H groups in total. The second kappa shape index (κ2) is 9.33. The fourth-order valence-corrected chi connectivity index (χ4v) is 3.05. The summed E-state index contributed by atoms with van der Waals surface area (Å²) in [5, 5.41) is 12.1. The highest BCUT2D eigenvalue weighted by atomic mass is 32.2. The number of halogens is 1. The van der Waals surface area contributed by atoms with Crippen molar-refractivity contribution in [2.45, 2.75) is 23.8 Å². The highest BCUT2D eigenvalue weighted by Crippen LogP contribution is 2.20. The molecule has 1 amide bonds. The van der Waals surface area contributed by atoms with Crippen molar-refractivity contribution in [2.24, 2.45) is 0 Å². The zero-order chi connectivity index (χ0) is 16.5. The molecule has 2 rings (SSSR count). The summed E-state index contributed by atoms with van der Waals surface area (Å²) in [5.74, 6) is 0.307. The lowest BCUT2D eigenvalue weighted by Gasteiger charge is -2.18. The third-order valence-electron chi connectivity index (χ3n) is 3.37. The molecule has 0 aliphatic rings. The largest absolute Gasteiger partial charge is 0.396 e. The molecular weight excluding hydrogens is 313 g/mol. The maximum absolute atomic E-state index is 12.8. The summed E-state index contributed by atoms with van der Waals surface area (Å²) in [4.78, 5) is 13.0. The quantitative estimate of drug-likeness (QED) is 0.727. The molecular formula is C18H20FNO2S. The number of rotatable bonds is 8. The number of thioether (sulfide) groups is 1. The van der Waals surface area contributed by atoms with Crippen LogP contribution in [0.5, 0.6) is 0 Å². The van der Waals surface area contributed by atoms with Crippen LogP contribution < -0.4 is 5.32 Å². The van der Waals surface area contributed by atoms with Gasteiger partial charge in [-0.15, -0.1) is 11.8 Å². The molecule has 0 fully saturated rings. The second-order valence-corrected chi connectivity index (χ2v) is 6.26. The van der Waals surface area contributed by atoms with Gasteiger partial charge in [0.15, 0.2) is 0 Å². The van der Waals surface area contributed by atoms with Gasteiger partial charge in [-0.25, -0.2) is 4.39 Å².